The van der Waals surface area contributed by atoms with Crippen LogP contribution >= 0.6 is 22.6 Å². The maximum atomic E-state index is 10.9. The lowest BCUT2D eigenvalue weighted by atomic mass is 10.4. The van der Waals surface area contributed by atoms with Crippen molar-refractivity contribution in [2.24, 2.45) is 0 Å². The zero-order chi connectivity index (χ0) is 7.40. The Balaban J connectivity index is 2.48. The normalized spacial score (nSPS) is 20.5. The maximum absolute atomic E-state index is 10.9. The van der Waals surface area contributed by atoms with E-state index in [9.17, 15) is 4.79 Å². The van der Waals surface area contributed by atoms with Crippen LogP contribution in [0.1, 0.15) is 0 Å². The van der Waals surface area contributed by atoms with Gasteiger partial charge in [0.25, 0.3) is 5.91 Å². The summed E-state index contributed by atoms with van der Waals surface area (Å²) in [5.41, 5.74) is 0. The standard InChI is InChI=1S/C6H8INO2/c7-1-2-8-3-4-10-5-6(8)9/h1-2H,3-5H2. The second kappa shape index (κ2) is 3.92. The van der Waals surface area contributed by atoms with Crippen molar-refractivity contribution in [1.82, 2.24) is 4.90 Å². The fourth-order valence-electron chi connectivity index (χ4n) is 0.756. The summed E-state index contributed by atoms with van der Waals surface area (Å²) in [5, 5.41) is 0. The number of amides is 1. The van der Waals surface area contributed by atoms with Crippen LogP contribution in [0.4, 0.5) is 0 Å². The highest BCUT2D eigenvalue weighted by molar-refractivity contribution is 14.1. The number of morpholine rings is 1. The largest absolute Gasteiger partial charge is 0.370 e. The molecule has 0 spiro atoms. The lowest BCUT2D eigenvalue weighted by molar-refractivity contribution is -0.139. The summed E-state index contributed by atoms with van der Waals surface area (Å²) >= 11 is 2.08. The van der Waals surface area contributed by atoms with Crippen LogP contribution in [-0.4, -0.2) is 30.6 Å². The molecule has 1 heterocycles. The van der Waals surface area contributed by atoms with Gasteiger partial charge in [-0.05, 0) is 4.08 Å². The minimum Gasteiger partial charge on any atom is -0.370 e. The van der Waals surface area contributed by atoms with E-state index in [-0.39, 0.29) is 12.5 Å². The smallest absolute Gasteiger partial charge is 0.252 e. The summed E-state index contributed by atoms with van der Waals surface area (Å²) in [6.07, 6.45) is 1.77. The van der Waals surface area contributed by atoms with Crippen molar-refractivity contribution in [2.75, 3.05) is 19.8 Å². The van der Waals surface area contributed by atoms with Crippen molar-refractivity contribution < 1.29 is 9.53 Å². The van der Waals surface area contributed by atoms with E-state index >= 15 is 0 Å². The van der Waals surface area contributed by atoms with E-state index in [1.807, 2.05) is 4.08 Å². The Kier molecular flexibility index (Phi) is 3.14. The predicted molar refractivity (Wildman–Crippen MR) is 45.7 cm³/mol. The van der Waals surface area contributed by atoms with Gasteiger partial charge in [0.15, 0.2) is 0 Å². The molecule has 1 saturated heterocycles. The zero-order valence-corrected chi connectivity index (χ0v) is 7.58. The molecule has 1 rings (SSSR count). The minimum atomic E-state index is 0.0409. The molecule has 10 heavy (non-hydrogen) atoms. The fraction of sp³-hybridized carbons (Fsp3) is 0.500. The first kappa shape index (κ1) is 8.00. The molecule has 1 amide bonds. The molecule has 0 bridgehead atoms. The molecule has 0 N–H and O–H groups in total. The Morgan fingerprint density at radius 3 is 3.10 bits per heavy atom. The van der Waals surface area contributed by atoms with E-state index in [2.05, 4.69) is 22.6 Å². The van der Waals surface area contributed by atoms with Gasteiger partial charge in [-0.3, -0.25) is 4.79 Å². The Morgan fingerprint density at radius 1 is 1.70 bits per heavy atom. The van der Waals surface area contributed by atoms with Crippen LogP contribution in [0.25, 0.3) is 0 Å². The number of halogens is 1. The fourth-order valence-corrected chi connectivity index (χ4v) is 1.14. The van der Waals surface area contributed by atoms with E-state index in [1.54, 1.807) is 11.1 Å². The van der Waals surface area contributed by atoms with Crippen LogP contribution in [0.5, 0.6) is 0 Å². The van der Waals surface area contributed by atoms with Crippen molar-refractivity contribution in [3.05, 3.63) is 10.3 Å². The number of hydrogen-bond donors (Lipinski definition) is 0. The first-order chi connectivity index (χ1) is 4.84. The highest BCUT2D eigenvalue weighted by atomic mass is 127. The van der Waals surface area contributed by atoms with Crippen LogP contribution in [0, 0.1) is 0 Å². The first-order valence-corrected chi connectivity index (χ1v) is 4.23. The molecule has 56 valence electrons. The van der Waals surface area contributed by atoms with Crippen LogP contribution in [0.15, 0.2) is 10.3 Å². The second-order valence-corrected chi connectivity index (χ2v) is 2.63. The summed E-state index contributed by atoms with van der Waals surface area (Å²) < 4.78 is 6.75. The zero-order valence-electron chi connectivity index (χ0n) is 5.42. The summed E-state index contributed by atoms with van der Waals surface area (Å²) in [5.74, 6) is 0.0409. The van der Waals surface area contributed by atoms with Gasteiger partial charge in [0.1, 0.15) is 6.61 Å². The van der Waals surface area contributed by atoms with E-state index in [0.717, 1.165) is 0 Å². The molecule has 4 heteroatoms. The molecule has 0 aromatic heterocycles. The monoisotopic (exact) mass is 253 g/mol. The number of hydrogen-bond acceptors (Lipinski definition) is 2. The van der Waals surface area contributed by atoms with Crippen molar-refractivity contribution >= 4 is 28.5 Å². The average Bonchev–Trinajstić information content (AvgIpc) is 1.94. The Morgan fingerprint density at radius 2 is 2.50 bits per heavy atom. The maximum Gasteiger partial charge on any atom is 0.252 e. The van der Waals surface area contributed by atoms with Gasteiger partial charge in [0, 0.05) is 12.7 Å². The molecule has 1 aliphatic heterocycles. The predicted octanol–water partition coefficient (Wildman–Crippen LogP) is 0.751. The van der Waals surface area contributed by atoms with E-state index in [1.165, 1.54) is 0 Å². The number of carbonyl (C=O) groups is 1. The van der Waals surface area contributed by atoms with Crippen molar-refractivity contribution in [3.63, 3.8) is 0 Å². The lowest BCUT2D eigenvalue weighted by Gasteiger charge is -2.22. The molecule has 0 unspecified atom stereocenters. The first-order valence-electron chi connectivity index (χ1n) is 2.98. The van der Waals surface area contributed by atoms with E-state index < -0.39 is 0 Å². The highest BCUT2D eigenvalue weighted by Gasteiger charge is 2.14. The van der Waals surface area contributed by atoms with E-state index in [4.69, 9.17) is 4.74 Å². The number of rotatable bonds is 1. The van der Waals surface area contributed by atoms with Crippen molar-refractivity contribution in [2.45, 2.75) is 0 Å². The molecule has 0 radical (unpaired) electrons. The molecular formula is C6H8INO2. The Labute approximate surface area is 73.2 Å². The van der Waals surface area contributed by atoms with Gasteiger partial charge in [-0.15, -0.1) is 0 Å². The van der Waals surface area contributed by atoms with Gasteiger partial charge in [0.05, 0.1) is 6.61 Å². The van der Waals surface area contributed by atoms with Gasteiger partial charge in [-0.25, -0.2) is 0 Å². The second-order valence-electron chi connectivity index (χ2n) is 1.91. The van der Waals surface area contributed by atoms with Crippen molar-refractivity contribution in [1.29, 1.82) is 0 Å². The van der Waals surface area contributed by atoms with Crippen molar-refractivity contribution in [3.8, 4) is 0 Å². The topological polar surface area (TPSA) is 29.5 Å². The Hall–Kier alpha value is -0.100. The highest BCUT2D eigenvalue weighted by Crippen LogP contribution is 2.00. The minimum absolute atomic E-state index is 0.0409. The quantitative estimate of drug-likeness (QED) is 0.645. The SMILES string of the molecule is O=C1COCCN1C=CI. The van der Waals surface area contributed by atoms with Gasteiger partial charge in [0.2, 0.25) is 0 Å². The molecule has 1 fully saturated rings. The summed E-state index contributed by atoms with van der Waals surface area (Å²) in [6.45, 7) is 1.55. The van der Waals surface area contributed by atoms with Crippen LogP contribution in [-0.2, 0) is 9.53 Å². The molecule has 1 aliphatic rings. The summed E-state index contributed by atoms with van der Waals surface area (Å²) in [6, 6.07) is 0. The summed E-state index contributed by atoms with van der Waals surface area (Å²) in [4.78, 5) is 12.6. The average molecular weight is 253 g/mol. The van der Waals surface area contributed by atoms with Gasteiger partial charge in [-0.1, -0.05) is 22.6 Å². The molecule has 0 aromatic rings. The third-order valence-corrected chi connectivity index (χ3v) is 1.58. The van der Waals surface area contributed by atoms with Gasteiger partial charge < -0.3 is 9.64 Å². The Bertz CT molecular complexity index is 158. The number of ether oxygens (including phenoxy) is 1. The molecule has 0 atom stereocenters. The molecule has 3 nitrogen and oxygen atoms in total. The molecule has 0 saturated carbocycles. The summed E-state index contributed by atoms with van der Waals surface area (Å²) in [7, 11) is 0. The lowest BCUT2D eigenvalue weighted by Crippen LogP contribution is -2.37. The molecule has 0 aromatic carbocycles. The number of carbonyl (C=O) groups excluding carboxylic acids is 1. The van der Waals surface area contributed by atoms with Crippen LogP contribution in [0.2, 0.25) is 0 Å². The third kappa shape index (κ3) is 1.95. The van der Waals surface area contributed by atoms with Gasteiger partial charge in [-0.2, -0.15) is 0 Å². The molecule has 0 aliphatic carbocycles. The molecular weight excluding hydrogens is 245 g/mol. The van der Waals surface area contributed by atoms with Crippen LogP contribution in [0.3, 0.4) is 0 Å². The number of nitrogens with zero attached hydrogens (tertiary/aromatic N) is 1. The van der Waals surface area contributed by atoms with Crippen LogP contribution < -0.4 is 0 Å². The van der Waals surface area contributed by atoms with Gasteiger partial charge >= 0.3 is 0 Å². The van der Waals surface area contributed by atoms with E-state index in [0.29, 0.717) is 13.2 Å². The third-order valence-electron chi connectivity index (χ3n) is 1.26.